The Labute approximate surface area is 355 Å². The summed E-state index contributed by atoms with van der Waals surface area (Å²) >= 11 is 0. The van der Waals surface area contributed by atoms with Gasteiger partial charge < -0.3 is 24.8 Å². The zero-order valence-electron chi connectivity index (χ0n) is 37.5. The van der Waals surface area contributed by atoms with Crippen molar-refractivity contribution >= 4 is 19.8 Å². The van der Waals surface area contributed by atoms with E-state index in [0.29, 0.717) is 25.0 Å². The van der Waals surface area contributed by atoms with Gasteiger partial charge in [0.1, 0.15) is 6.61 Å². The predicted octanol–water partition coefficient (Wildman–Crippen LogP) is 13.2. The van der Waals surface area contributed by atoms with E-state index in [1.165, 1.54) is 141 Å². The largest absolute Gasteiger partial charge is 0.472 e. The minimum Gasteiger partial charge on any atom is -0.462 e. The van der Waals surface area contributed by atoms with Crippen LogP contribution >= 0.6 is 7.82 Å². The number of hydrogen-bond acceptors (Lipinski definition) is 9. The van der Waals surface area contributed by atoms with E-state index in [2.05, 4.69) is 26.0 Å². The van der Waals surface area contributed by atoms with Crippen molar-refractivity contribution in [3.05, 3.63) is 12.2 Å². The zero-order chi connectivity index (χ0) is 42.2. The highest BCUT2D eigenvalue weighted by Crippen LogP contribution is 2.43. The second kappa shape index (κ2) is 39.8. The van der Waals surface area contributed by atoms with E-state index < -0.39 is 32.5 Å². The molecule has 4 atom stereocenters. The predicted molar refractivity (Wildman–Crippen MR) is 238 cm³/mol. The fourth-order valence-corrected chi connectivity index (χ4v) is 8.11. The number of hydrogen-bond donors (Lipinski definition) is 2. The Kier molecular flexibility index (Phi) is 37.6. The lowest BCUT2D eigenvalue weighted by Crippen LogP contribution is -2.29. The van der Waals surface area contributed by atoms with Crippen LogP contribution in [0.15, 0.2) is 12.2 Å². The van der Waals surface area contributed by atoms with Gasteiger partial charge in [0.05, 0.1) is 25.4 Å². The molecule has 3 N–H and O–H groups in total. The third kappa shape index (κ3) is 36.6. The molecular weight excluding hydrogens is 753 g/mol. The number of phosphoric ester groups is 1. The number of carbonyl (C=O) groups excluding carboxylic acids is 2. The Hall–Kier alpha value is -1.29. The molecule has 10 nitrogen and oxygen atoms in total. The van der Waals surface area contributed by atoms with Gasteiger partial charge in [0.25, 0.3) is 0 Å². The monoisotopic (exact) mass is 844 g/mol. The average molecular weight is 844 g/mol. The van der Waals surface area contributed by atoms with Crippen LogP contribution in [-0.2, 0) is 37.4 Å². The fourth-order valence-electron chi connectivity index (χ4n) is 7.35. The molecule has 0 bridgehead atoms. The van der Waals surface area contributed by atoms with Crippen molar-refractivity contribution < 1.29 is 42.3 Å². The molecule has 0 radical (unpaired) electrons. The summed E-state index contributed by atoms with van der Waals surface area (Å²) in [6.07, 6.45) is 44.1. The number of rotatable bonds is 45. The van der Waals surface area contributed by atoms with Gasteiger partial charge in [0.2, 0.25) is 0 Å². The smallest absolute Gasteiger partial charge is 0.462 e. The second-order valence-electron chi connectivity index (χ2n) is 16.7. The van der Waals surface area contributed by atoms with Crippen molar-refractivity contribution in [3.63, 3.8) is 0 Å². The van der Waals surface area contributed by atoms with E-state index in [1.54, 1.807) is 0 Å². The lowest BCUT2D eigenvalue weighted by molar-refractivity contribution is -0.161. The number of carbonyl (C=O) groups is 2. The molecular formula is C47H90NO9P. The van der Waals surface area contributed by atoms with E-state index in [1.807, 2.05) is 0 Å². The van der Waals surface area contributed by atoms with E-state index in [9.17, 15) is 19.0 Å². The highest BCUT2D eigenvalue weighted by Gasteiger charge is 2.36. The van der Waals surface area contributed by atoms with Crippen LogP contribution in [0.3, 0.4) is 0 Å². The minimum atomic E-state index is -4.38. The molecule has 58 heavy (non-hydrogen) atoms. The van der Waals surface area contributed by atoms with E-state index >= 15 is 0 Å². The standard InChI is InChI=1S/C47H90NO9P/c1-3-5-7-9-11-12-13-14-15-16-17-18-19-20-21-22-23-24-25-29-34-38-47(50)56-43(42-55-58(51,52)54-40-39-48)41-53-46(49)37-33-30-26-28-32-36-45-44(57-45)35-31-27-10-8-6-4-2/h27,31,43-45H,3-26,28-30,32-42,48H2,1-2H3,(H,51,52)/b31-27-/t43-,44?,45?/m1/s1. The maximum Gasteiger partial charge on any atom is 0.472 e. The maximum absolute atomic E-state index is 12.6. The van der Waals surface area contributed by atoms with Crippen molar-refractivity contribution in [1.82, 2.24) is 0 Å². The molecule has 1 aliphatic rings. The number of ether oxygens (including phenoxy) is 3. The molecule has 3 unspecified atom stereocenters. The molecule has 342 valence electrons. The van der Waals surface area contributed by atoms with Crippen LogP contribution < -0.4 is 5.73 Å². The first kappa shape index (κ1) is 54.7. The molecule has 0 aromatic heterocycles. The molecule has 1 rings (SSSR count). The van der Waals surface area contributed by atoms with Crippen LogP contribution in [0.4, 0.5) is 0 Å². The summed E-state index contributed by atoms with van der Waals surface area (Å²) in [5.74, 6) is -0.839. The molecule has 1 aliphatic heterocycles. The molecule has 1 heterocycles. The first-order valence-electron chi connectivity index (χ1n) is 24.3. The van der Waals surface area contributed by atoms with Crippen molar-refractivity contribution in [1.29, 1.82) is 0 Å². The molecule has 0 aromatic carbocycles. The highest BCUT2D eigenvalue weighted by molar-refractivity contribution is 7.47. The molecule has 0 spiro atoms. The Morgan fingerprint density at radius 2 is 1.07 bits per heavy atom. The molecule has 0 saturated carbocycles. The zero-order valence-corrected chi connectivity index (χ0v) is 38.4. The van der Waals surface area contributed by atoms with Gasteiger partial charge in [0, 0.05) is 19.4 Å². The van der Waals surface area contributed by atoms with Crippen molar-refractivity contribution in [2.45, 2.75) is 250 Å². The van der Waals surface area contributed by atoms with Crippen LogP contribution in [0.1, 0.15) is 232 Å². The van der Waals surface area contributed by atoms with Gasteiger partial charge in [-0.1, -0.05) is 193 Å². The van der Waals surface area contributed by atoms with Gasteiger partial charge in [-0.15, -0.1) is 0 Å². The average Bonchev–Trinajstić information content (AvgIpc) is 3.97. The number of epoxide rings is 1. The molecule has 1 saturated heterocycles. The summed E-state index contributed by atoms with van der Waals surface area (Å²) in [5.41, 5.74) is 5.36. The third-order valence-corrected chi connectivity index (χ3v) is 12.1. The highest BCUT2D eigenvalue weighted by atomic mass is 31.2. The van der Waals surface area contributed by atoms with Crippen LogP contribution in [0, 0.1) is 0 Å². The Balaban J connectivity index is 2.11. The summed E-state index contributed by atoms with van der Waals surface area (Å²) in [6.45, 7) is 3.72. The maximum atomic E-state index is 12.6. The van der Waals surface area contributed by atoms with Gasteiger partial charge in [0.15, 0.2) is 6.10 Å². The summed E-state index contributed by atoms with van der Waals surface area (Å²) in [6, 6.07) is 0. The number of esters is 2. The lowest BCUT2D eigenvalue weighted by atomic mass is 10.0. The summed E-state index contributed by atoms with van der Waals surface area (Å²) in [4.78, 5) is 35.0. The number of unbranched alkanes of at least 4 members (excludes halogenated alkanes) is 27. The summed E-state index contributed by atoms with van der Waals surface area (Å²) in [7, 11) is -4.38. The Morgan fingerprint density at radius 1 is 0.603 bits per heavy atom. The first-order valence-corrected chi connectivity index (χ1v) is 25.8. The van der Waals surface area contributed by atoms with E-state index in [0.717, 1.165) is 51.4 Å². The second-order valence-corrected chi connectivity index (χ2v) is 18.2. The SMILES string of the molecule is CCCCC/C=C\CC1OC1CCCCCCCC(=O)OC[C@H](COP(=O)(O)OCCN)OC(=O)CCCCCCCCCCCCCCCCCCCCCCC. The molecule has 1 fully saturated rings. The first-order chi connectivity index (χ1) is 28.3. The summed E-state index contributed by atoms with van der Waals surface area (Å²) < 4.78 is 38.7. The molecule has 0 aliphatic carbocycles. The normalized spacial score (nSPS) is 16.8. The number of phosphoric acid groups is 1. The van der Waals surface area contributed by atoms with Crippen LogP contribution in [-0.4, -0.2) is 61.5 Å². The number of nitrogens with two attached hydrogens (primary N) is 1. The molecule has 11 heteroatoms. The lowest BCUT2D eigenvalue weighted by Gasteiger charge is -2.19. The topological polar surface area (TPSA) is 147 Å². The van der Waals surface area contributed by atoms with Gasteiger partial charge in [-0.05, 0) is 38.5 Å². The fraction of sp³-hybridized carbons (Fsp3) is 0.915. The van der Waals surface area contributed by atoms with Gasteiger partial charge >= 0.3 is 19.8 Å². The Bertz CT molecular complexity index is 1030. The minimum absolute atomic E-state index is 0.0516. The summed E-state index contributed by atoms with van der Waals surface area (Å²) in [5, 5.41) is 0. The van der Waals surface area contributed by atoms with Crippen molar-refractivity contribution in [2.75, 3.05) is 26.4 Å². The molecule has 0 aromatic rings. The van der Waals surface area contributed by atoms with Crippen LogP contribution in [0.25, 0.3) is 0 Å². The van der Waals surface area contributed by atoms with E-state index in [-0.39, 0.29) is 32.6 Å². The van der Waals surface area contributed by atoms with Gasteiger partial charge in [-0.3, -0.25) is 18.6 Å². The van der Waals surface area contributed by atoms with Crippen molar-refractivity contribution in [3.8, 4) is 0 Å². The number of allylic oxidation sites excluding steroid dienone is 1. The van der Waals surface area contributed by atoms with Crippen LogP contribution in [0.2, 0.25) is 0 Å². The van der Waals surface area contributed by atoms with Gasteiger partial charge in [-0.2, -0.15) is 0 Å². The van der Waals surface area contributed by atoms with E-state index in [4.69, 9.17) is 29.0 Å². The third-order valence-electron chi connectivity index (χ3n) is 11.1. The van der Waals surface area contributed by atoms with Gasteiger partial charge in [-0.25, -0.2) is 4.57 Å². The quantitative estimate of drug-likeness (QED) is 0.0200. The molecule has 0 amide bonds. The Morgan fingerprint density at radius 3 is 1.59 bits per heavy atom. The van der Waals surface area contributed by atoms with Crippen LogP contribution in [0.5, 0.6) is 0 Å². The van der Waals surface area contributed by atoms with Crippen molar-refractivity contribution in [2.24, 2.45) is 5.73 Å².